The van der Waals surface area contributed by atoms with E-state index in [9.17, 15) is 5.11 Å². The molecular weight excluding hydrogens is 322 g/mol. The Morgan fingerprint density at radius 2 is 2.05 bits per heavy atom. The number of rotatable bonds is 9. The average molecular weight is 346 g/mol. The number of halogens is 1. The molecule has 0 saturated heterocycles. The number of hydrogen-bond donors (Lipinski definition) is 2. The lowest BCUT2D eigenvalue weighted by Gasteiger charge is -2.19. The molecule has 0 radical (unpaired) electrons. The first-order valence-electron chi connectivity index (χ1n) is 6.80. The van der Waals surface area contributed by atoms with Gasteiger partial charge in [0.2, 0.25) is 0 Å². The van der Waals surface area contributed by atoms with E-state index in [0.29, 0.717) is 19.8 Å². The van der Waals surface area contributed by atoms with E-state index in [1.165, 1.54) is 5.56 Å². The molecule has 0 aliphatic rings. The van der Waals surface area contributed by atoms with Gasteiger partial charge in [0.05, 0.1) is 25.4 Å². The molecule has 1 rings (SSSR count). The van der Waals surface area contributed by atoms with Crippen molar-refractivity contribution in [3.8, 4) is 0 Å². The Hall–Kier alpha value is -0.460. The van der Waals surface area contributed by atoms with Crippen molar-refractivity contribution in [2.24, 2.45) is 0 Å². The summed E-state index contributed by atoms with van der Waals surface area (Å²) in [7, 11) is 1.64. The van der Waals surface area contributed by atoms with Gasteiger partial charge in [-0.3, -0.25) is 0 Å². The fourth-order valence-electron chi connectivity index (χ4n) is 1.82. The molecule has 1 aromatic carbocycles. The van der Waals surface area contributed by atoms with Crippen LogP contribution < -0.4 is 5.32 Å². The van der Waals surface area contributed by atoms with Crippen LogP contribution in [-0.2, 0) is 9.47 Å². The first-order valence-corrected chi connectivity index (χ1v) is 7.59. The van der Waals surface area contributed by atoms with Gasteiger partial charge in [-0.1, -0.05) is 28.1 Å². The van der Waals surface area contributed by atoms with Crippen LogP contribution in [0.1, 0.15) is 25.5 Å². The topological polar surface area (TPSA) is 50.7 Å². The number of benzene rings is 1. The summed E-state index contributed by atoms with van der Waals surface area (Å²) in [6.07, 6.45) is -0.527. The minimum atomic E-state index is -0.524. The van der Waals surface area contributed by atoms with Gasteiger partial charge in [-0.15, -0.1) is 0 Å². The number of nitrogens with one attached hydrogen (secondary N) is 1. The van der Waals surface area contributed by atoms with Gasteiger partial charge >= 0.3 is 0 Å². The molecule has 114 valence electrons. The van der Waals surface area contributed by atoms with Gasteiger partial charge in [-0.05, 0) is 31.5 Å². The Kier molecular flexibility index (Phi) is 8.33. The summed E-state index contributed by atoms with van der Waals surface area (Å²) in [5, 5.41) is 13.2. The molecule has 0 aromatic heterocycles. The molecule has 3 atom stereocenters. The summed E-state index contributed by atoms with van der Waals surface area (Å²) in [5.74, 6) is 0. The van der Waals surface area contributed by atoms with Crippen molar-refractivity contribution in [3.05, 3.63) is 34.3 Å². The fraction of sp³-hybridized carbons (Fsp3) is 0.600. The third-order valence-corrected chi connectivity index (χ3v) is 3.48. The highest BCUT2D eigenvalue weighted by Crippen LogP contribution is 2.17. The predicted molar refractivity (Wildman–Crippen MR) is 83.9 cm³/mol. The van der Waals surface area contributed by atoms with Crippen LogP contribution in [0.2, 0.25) is 0 Å². The monoisotopic (exact) mass is 345 g/mol. The molecule has 0 bridgehead atoms. The predicted octanol–water partition coefficient (Wildman–Crippen LogP) is 2.51. The molecule has 5 heteroatoms. The molecule has 20 heavy (non-hydrogen) atoms. The molecule has 4 nitrogen and oxygen atoms in total. The van der Waals surface area contributed by atoms with Crippen molar-refractivity contribution in [3.63, 3.8) is 0 Å². The minimum Gasteiger partial charge on any atom is -0.389 e. The molecular formula is C15H24BrNO3. The number of hydrogen-bond acceptors (Lipinski definition) is 4. The lowest BCUT2D eigenvalue weighted by Crippen LogP contribution is -2.33. The molecule has 1 aromatic rings. The van der Waals surface area contributed by atoms with Crippen molar-refractivity contribution in [2.45, 2.75) is 32.1 Å². The van der Waals surface area contributed by atoms with Crippen LogP contribution in [0.3, 0.4) is 0 Å². The van der Waals surface area contributed by atoms with Gasteiger partial charge in [0.25, 0.3) is 0 Å². The van der Waals surface area contributed by atoms with Gasteiger partial charge in [0.1, 0.15) is 0 Å². The van der Waals surface area contributed by atoms with Crippen LogP contribution in [0.4, 0.5) is 0 Å². The highest BCUT2D eigenvalue weighted by atomic mass is 79.9. The Labute approximate surface area is 129 Å². The fourth-order valence-corrected chi connectivity index (χ4v) is 2.24. The second-order valence-corrected chi connectivity index (χ2v) is 5.85. The molecule has 0 aliphatic carbocycles. The third kappa shape index (κ3) is 6.81. The van der Waals surface area contributed by atoms with Crippen LogP contribution in [0.15, 0.2) is 28.7 Å². The standard InChI is InChI=1S/C15H24BrNO3/c1-11(9-19-3)20-10-15(18)8-17-12(2)13-5-4-6-14(16)7-13/h4-7,11-12,15,17-18H,8-10H2,1-3H3. The smallest absolute Gasteiger partial charge is 0.0898 e. The Balaban J connectivity index is 2.28. The highest BCUT2D eigenvalue weighted by Gasteiger charge is 2.11. The average Bonchev–Trinajstić information content (AvgIpc) is 2.43. The Morgan fingerprint density at radius 3 is 2.70 bits per heavy atom. The largest absolute Gasteiger partial charge is 0.389 e. The summed E-state index contributed by atoms with van der Waals surface area (Å²) in [4.78, 5) is 0. The zero-order valence-electron chi connectivity index (χ0n) is 12.3. The molecule has 0 aliphatic heterocycles. The molecule has 2 N–H and O–H groups in total. The highest BCUT2D eigenvalue weighted by molar-refractivity contribution is 9.10. The quantitative estimate of drug-likeness (QED) is 0.722. The van der Waals surface area contributed by atoms with Gasteiger partial charge in [-0.2, -0.15) is 0 Å². The van der Waals surface area contributed by atoms with Crippen LogP contribution in [0, 0.1) is 0 Å². The molecule has 0 heterocycles. The number of ether oxygens (including phenoxy) is 2. The van der Waals surface area contributed by atoms with Crippen molar-refractivity contribution in [2.75, 3.05) is 26.9 Å². The number of aliphatic hydroxyl groups is 1. The lowest BCUT2D eigenvalue weighted by molar-refractivity contribution is -0.0315. The van der Waals surface area contributed by atoms with E-state index in [-0.39, 0.29) is 12.1 Å². The molecule has 3 unspecified atom stereocenters. The van der Waals surface area contributed by atoms with Crippen LogP contribution in [-0.4, -0.2) is 44.2 Å². The molecule has 0 spiro atoms. The first-order chi connectivity index (χ1) is 9.52. The normalized spacial score (nSPS) is 15.8. The maximum absolute atomic E-state index is 9.88. The van der Waals surface area contributed by atoms with E-state index in [4.69, 9.17) is 9.47 Å². The van der Waals surface area contributed by atoms with E-state index in [1.54, 1.807) is 7.11 Å². The zero-order chi connectivity index (χ0) is 15.0. The van der Waals surface area contributed by atoms with Gasteiger partial charge in [-0.25, -0.2) is 0 Å². The van der Waals surface area contributed by atoms with E-state index >= 15 is 0 Å². The maximum atomic E-state index is 9.88. The van der Waals surface area contributed by atoms with E-state index < -0.39 is 6.10 Å². The summed E-state index contributed by atoms with van der Waals surface area (Å²) < 4.78 is 11.5. The second kappa shape index (κ2) is 9.47. The second-order valence-electron chi connectivity index (χ2n) is 4.94. The SMILES string of the molecule is COCC(C)OCC(O)CNC(C)c1cccc(Br)c1. The summed E-state index contributed by atoms with van der Waals surface area (Å²) >= 11 is 3.46. The molecule has 0 saturated carbocycles. The summed E-state index contributed by atoms with van der Waals surface area (Å²) in [6.45, 7) is 5.33. The van der Waals surface area contributed by atoms with Gasteiger partial charge in [0, 0.05) is 24.2 Å². The molecule has 0 fully saturated rings. The van der Waals surface area contributed by atoms with Gasteiger partial charge in [0.15, 0.2) is 0 Å². The minimum absolute atomic E-state index is 0.00264. The van der Waals surface area contributed by atoms with Crippen molar-refractivity contribution >= 4 is 15.9 Å². The number of aliphatic hydroxyl groups excluding tert-OH is 1. The van der Waals surface area contributed by atoms with Crippen molar-refractivity contribution in [1.82, 2.24) is 5.32 Å². The van der Waals surface area contributed by atoms with E-state index in [0.717, 1.165) is 4.47 Å². The summed E-state index contributed by atoms with van der Waals surface area (Å²) in [6, 6.07) is 8.31. The lowest BCUT2D eigenvalue weighted by atomic mass is 10.1. The number of methoxy groups -OCH3 is 1. The molecule has 0 amide bonds. The van der Waals surface area contributed by atoms with E-state index in [2.05, 4.69) is 40.3 Å². The van der Waals surface area contributed by atoms with E-state index in [1.807, 2.05) is 19.1 Å². The Morgan fingerprint density at radius 1 is 1.30 bits per heavy atom. The van der Waals surface area contributed by atoms with Crippen LogP contribution in [0.25, 0.3) is 0 Å². The van der Waals surface area contributed by atoms with Crippen molar-refractivity contribution in [1.29, 1.82) is 0 Å². The van der Waals surface area contributed by atoms with Crippen molar-refractivity contribution < 1.29 is 14.6 Å². The van der Waals surface area contributed by atoms with Crippen LogP contribution in [0.5, 0.6) is 0 Å². The maximum Gasteiger partial charge on any atom is 0.0898 e. The zero-order valence-corrected chi connectivity index (χ0v) is 13.9. The first kappa shape index (κ1) is 17.6. The third-order valence-electron chi connectivity index (χ3n) is 2.98. The van der Waals surface area contributed by atoms with Gasteiger partial charge < -0.3 is 19.9 Å². The Bertz CT molecular complexity index is 389. The van der Waals surface area contributed by atoms with Crippen LogP contribution >= 0.6 is 15.9 Å². The summed E-state index contributed by atoms with van der Waals surface area (Å²) in [5.41, 5.74) is 1.18.